The number of furan rings is 1. The van der Waals surface area contributed by atoms with Crippen molar-refractivity contribution in [1.82, 2.24) is 0 Å². The first-order valence-corrected chi connectivity index (χ1v) is 6.04. The molecule has 0 atom stereocenters. The van der Waals surface area contributed by atoms with Crippen molar-refractivity contribution in [3.63, 3.8) is 0 Å². The summed E-state index contributed by atoms with van der Waals surface area (Å²) in [6, 6.07) is 5.38. The van der Waals surface area contributed by atoms with Crippen molar-refractivity contribution in [2.45, 2.75) is 16.7 Å². The molecule has 0 aliphatic carbocycles. The molecule has 0 bridgehead atoms. The zero-order valence-corrected chi connectivity index (χ0v) is 10.6. The van der Waals surface area contributed by atoms with Gasteiger partial charge in [-0.25, -0.2) is 4.79 Å². The molecular formula is C12H9NO5S. The lowest BCUT2D eigenvalue weighted by Crippen LogP contribution is -1.98. The number of carboxylic acids is 1. The Morgan fingerprint density at radius 1 is 1.37 bits per heavy atom. The van der Waals surface area contributed by atoms with Gasteiger partial charge < -0.3 is 9.52 Å². The minimum absolute atomic E-state index is 0.00856. The van der Waals surface area contributed by atoms with E-state index in [0.717, 1.165) is 11.8 Å². The van der Waals surface area contributed by atoms with Gasteiger partial charge in [0, 0.05) is 6.07 Å². The van der Waals surface area contributed by atoms with E-state index in [4.69, 9.17) is 9.52 Å². The monoisotopic (exact) mass is 279 g/mol. The van der Waals surface area contributed by atoms with Gasteiger partial charge in [-0.1, -0.05) is 11.8 Å². The standard InChI is InChI=1S/C12H9NO5S/c1-7-10(4-5-18-7)19-11-6-8(12(14)15)2-3-9(11)13(16)17/h2-6H,1H3,(H,14,15). The molecule has 0 aliphatic heterocycles. The molecular weight excluding hydrogens is 270 g/mol. The number of nitrogens with zero attached hydrogens (tertiary/aromatic N) is 1. The van der Waals surface area contributed by atoms with Crippen molar-refractivity contribution in [1.29, 1.82) is 0 Å². The van der Waals surface area contributed by atoms with E-state index in [1.165, 1.54) is 24.5 Å². The summed E-state index contributed by atoms with van der Waals surface area (Å²) in [6.07, 6.45) is 1.48. The number of hydrogen-bond donors (Lipinski definition) is 1. The lowest BCUT2D eigenvalue weighted by molar-refractivity contribution is -0.387. The Bertz CT molecular complexity index is 649. The van der Waals surface area contributed by atoms with Crippen LogP contribution < -0.4 is 0 Å². The molecule has 2 rings (SSSR count). The summed E-state index contributed by atoms with van der Waals surface area (Å²) in [7, 11) is 0. The normalized spacial score (nSPS) is 10.4. The first-order chi connectivity index (χ1) is 8.99. The first-order valence-electron chi connectivity index (χ1n) is 5.22. The topological polar surface area (TPSA) is 93.6 Å². The zero-order valence-electron chi connectivity index (χ0n) is 9.82. The van der Waals surface area contributed by atoms with Crippen LogP contribution in [0.1, 0.15) is 16.1 Å². The van der Waals surface area contributed by atoms with Crippen molar-refractivity contribution in [3.05, 3.63) is 52.0 Å². The molecule has 6 nitrogen and oxygen atoms in total. The second kappa shape index (κ2) is 5.15. The lowest BCUT2D eigenvalue weighted by atomic mass is 10.2. The van der Waals surface area contributed by atoms with E-state index < -0.39 is 10.9 Å². The average molecular weight is 279 g/mol. The van der Waals surface area contributed by atoms with Crippen LogP contribution in [0, 0.1) is 17.0 Å². The van der Waals surface area contributed by atoms with Crippen LogP contribution in [-0.2, 0) is 0 Å². The lowest BCUT2D eigenvalue weighted by Gasteiger charge is -2.03. The number of aromatic carboxylic acids is 1. The van der Waals surface area contributed by atoms with Gasteiger partial charge in [0.15, 0.2) is 0 Å². The molecule has 19 heavy (non-hydrogen) atoms. The van der Waals surface area contributed by atoms with E-state index in [9.17, 15) is 14.9 Å². The smallest absolute Gasteiger partial charge is 0.335 e. The van der Waals surface area contributed by atoms with Crippen molar-refractivity contribution in [2.75, 3.05) is 0 Å². The van der Waals surface area contributed by atoms with Crippen LogP contribution in [-0.4, -0.2) is 16.0 Å². The van der Waals surface area contributed by atoms with Gasteiger partial charge in [0.1, 0.15) is 5.76 Å². The number of nitro benzene ring substituents is 1. The van der Waals surface area contributed by atoms with Gasteiger partial charge in [-0.3, -0.25) is 10.1 Å². The molecule has 0 spiro atoms. The third-order valence-corrected chi connectivity index (χ3v) is 3.62. The molecule has 1 aromatic heterocycles. The molecule has 1 N–H and O–H groups in total. The Morgan fingerprint density at radius 3 is 2.63 bits per heavy atom. The van der Waals surface area contributed by atoms with E-state index in [1.54, 1.807) is 13.0 Å². The van der Waals surface area contributed by atoms with Gasteiger partial charge in [0.05, 0.1) is 26.5 Å². The molecule has 0 aliphatic rings. The molecule has 1 aromatic carbocycles. The SMILES string of the molecule is Cc1occc1Sc1cc(C(=O)O)ccc1[N+](=O)[O-]. The van der Waals surface area contributed by atoms with Gasteiger partial charge >= 0.3 is 5.97 Å². The molecule has 2 aromatic rings. The zero-order chi connectivity index (χ0) is 14.0. The highest BCUT2D eigenvalue weighted by Crippen LogP contribution is 2.37. The van der Waals surface area contributed by atoms with Gasteiger partial charge in [-0.05, 0) is 25.1 Å². The summed E-state index contributed by atoms with van der Waals surface area (Å²) < 4.78 is 5.11. The molecule has 0 amide bonds. The van der Waals surface area contributed by atoms with Crippen molar-refractivity contribution in [2.24, 2.45) is 0 Å². The molecule has 0 radical (unpaired) electrons. The molecule has 0 saturated heterocycles. The highest BCUT2D eigenvalue weighted by Gasteiger charge is 2.18. The van der Waals surface area contributed by atoms with Crippen LogP contribution in [0.5, 0.6) is 0 Å². The van der Waals surface area contributed by atoms with E-state index in [-0.39, 0.29) is 16.1 Å². The molecule has 0 saturated carbocycles. The van der Waals surface area contributed by atoms with Crippen LogP contribution in [0.15, 0.2) is 44.7 Å². The van der Waals surface area contributed by atoms with E-state index in [1.807, 2.05) is 0 Å². The van der Waals surface area contributed by atoms with Crippen molar-refractivity contribution >= 4 is 23.4 Å². The summed E-state index contributed by atoms with van der Waals surface area (Å²) in [6.45, 7) is 1.73. The van der Waals surface area contributed by atoms with E-state index >= 15 is 0 Å². The minimum atomic E-state index is -1.12. The number of carbonyl (C=O) groups is 1. The van der Waals surface area contributed by atoms with Gasteiger partial charge in [0.25, 0.3) is 5.69 Å². The minimum Gasteiger partial charge on any atom is -0.478 e. The van der Waals surface area contributed by atoms with E-state index in [2.05, 4.69) is 0 Å². The second-order valence-electron chi connectivity index (χ2n) is 3.69. The fourth-order valence-corrected chi connectivity index (χ4v) is 2.46. The van der Waals surface area contributed by atoms with Gasteiger partial charge in [-0.2, -0.15) is 0 Å². The Kier molecular flexibility index (Phi) is 3.57. The van der Waals surface area contributed by atoms with Crippen LogP contribution in [0.3, 0.4) is 0 Å². The van der Waals surface area contributed by atoms with Crippen LogP contribution in [0.25, 0.3) is 0 Å². The highest BCUT2D eigenvalue weighted by molar-refractivity contribution is 7.99. The second-order valence-corrected chi connectivity index (χ2v) is 4.77. The number of rotatable bonds is 4. The Hall–Kier alpha value is -2.28. The predicted molar refractivity (Wildman–Crippen MR) is 67.6 cm³/mol. The Balaban J connectivity index is 2.46. The van der Waals surface area contributed by atoms with Crippen LogP contribution in [0.2, 0.25) is 0 Å². The number of benzene rings is 1. The van der Waals surface area contributed by atoms with Crippen LogP contribution in [0.4, 0.5) is 5.69 Å². The summed E-state index contributed by atoms with van der Waals surface area (Å²) in [5.74, 6) is -0.499. The number of hydrogen-bond acceptors (Lipinski definition) is 5. The fourth-order valence-electron chi connectivity index (χ4n) is 1.48. The molecule has 0 fully saturated rings. The molecule has 0 unspecified atom stereocenters. The van der Waals surface area contributed by atoms with Crippen molar-refractivity contribution in [3.8, 4) is 0 Å². The maximum atomic E-state index is 10.9. The maximum absolute atomic E-state index is 10.9. The molecule has 7 heteroatoms. The Morgan fingerprint density at radius 2 is 2.11 bits per heavy atom. The molecule has 1 heterocycles. The van der Waals surface area contributed by atoms with Gasteiger partial charge in [0.2, 0.25) is 0 Å². The number of aryl methyl sites for hydroxylation is 1. The summed E-state index contributed by atoms with van der Waals surface area (Å²) in [5, 5.41) is 19.9. The first kappa shape index (κ1) is 13.2. The molecule has 98 valence electrons. The summed E-state index contributed by atoms with van der Waals surface area (Å²) >= 11 is 1.11. The Labute approximate surface area is 112 Å². The average Bonchev–Trinajstić information content (AvgIpc) is 2.74. The summed E-state index contributed by atoms with van der Waals surface area (Å²) in [5.41, 5.74) is -0.121. The maximum Gasteiger partial charge on any atom is 0.335 e. The number of carboxylic acid groups (broad SMARTS) is 1. The van der Waals surface area contributed by atoms with E-state index in [0.29, 0.717) is 10.7 Å². The fraction of sp³-hybridized carbons (Fsp3) is 0.0833. The third kappa shape index (κ3) is 2.76. The number of nitro groups is 1. The third-order valence-electron chi connectivity index (χ3n) is 2.43. The van der Waals surface area contributed by atoms with Crippen molar-refractivity contribution < 1.29 is 19.2 Å². The predicted octanol–water partition coefficient (Wildman–Crippen LogP) is 3.35. The summed E-state index contributed by atoms with van der Waals surface area (Å²) in [4.78, 5) is 22.3. The van der Waals surface area contributed by atoms with Crippen LogP contribution >= 0.6 is 11.8 Å². The van der Waals surface area contributed by atoms with Gasteiger partial charge in [-0.15, -0.1) is 0 Å². The highest BCUT2D eigenvalue weighted by atomic mass is 32.2. The largest absolute Gasteiger partial charge is 0.478 e. The quantitative estimate of drug-likeness (QED) is 0.681.